The molecular weight excluding hydrogens is 885 g/mol. The van der Waals surface area contributed by atoms with Crippen molar-refractivity contribution >= 4 is 34.0 Å². The summed E-state index contributed by atoms with van der Waals surface area (Å²) in [6.07, 6.45) is 7.31. The van der Waals surface area contributed by atoms with E-state index in [9.17, 15) is 35.2 Å². The van der Waals surface area contributed by atoms with Gasteiger partial charge in [-0.2, -0.15) is 0 Å². The van der Waals surface area contributed by atoms with E-state index in [1.165, 1.54) is 31.4 Å². The molecule has 16 heteroatoms. The van der Waals surface area contributed by atoms with Gasteiger partial charge in [0.05, 0.1) is 47.8 Å². The number of carbonyl (C=O) groups is 1. The van der Waals surface area contributed by atoms with E-state index in [1.54, 1.807) is 41.3 Å². The van der Waals surface area contributed by atoms with Gasteiger partial charge in [0, 0.05) is 49.3 Å². The molecule has 8 rings (SSSR count). The maximum Gasteiger partial charge on any atom is 0.410 e. The predicted molar refractivity (Wildman–Crippen MR) is 258 cm³/mol. The van der Waals surface area contributed by atoms with Crippen molar-refractivity contribution in [3.8, 4) is 17.2 Å². The number of fused-ring (bicyclic) bond motifs is 3. The highest BCUT2D eigenvalue weighted by Gasteiger charge is 2.65. The van der Waals surface area contributed by atoms with Crippen LogP contribution in [0.2, 0.25) is 0 Å². The van der Waals surface area contributed by atoms with Crippen molar-refractivity contribution in [2.24, 2.45) is 22.9 Å². The van der Waals surface area contributed by atoms with Crippen LogP contribution in [0.3, 0.4) is 0 Å². The largest absolute Gasteiger partial charge is 0.459 e. The zero-order valence-electron chi connectivity index (χ0n) is 38.4. The van der Waals surface area contributed by atoms with E-state index in [-0.39, 0.29) is 68.4 Å². The number of nitro benzene ring substituents is 2. The normalized spacial score (nSPS) is 21.8. The average molecular weight is 941 g/mol. The number of amides is 1. The number of hydrogen-bond acceptors (Lipinski definition) is 13. The Kier molecular flexibility index (Phi) is 15.3. The summed E-state index contributed by atoms with van der Waals surface area (Å²) >= 11 is 0. The van der Waals surface area contributed by atoms with Crippen molar-refractivity contribution < 1.29 is 48.6 Å². The molecule has 1 fully saturated rings. The average Bonchev–Trinajstić information content (AvgIpc) is 3.36. The summed E-state index contributed by atoms with van der Waals surface area (Å²) in [5.41, 5.74) is 3.46. The molecule has 6 unspecified atom stereocenters. The maximum atomic E-state index is 14.6. The number of benzene rings is 5. The van der Waals surface area contributed by atoms with Crippen LogP contribution in [-0.4, -0.2) is 75.5 Å². The molecule has 3 aliphatic rings. The Morgan fingerprint density at radius 2 is 1.61 bits per heavy atom. The Labute approximate surface area is 399 Å². The molecule has 1 heterocycles. The second-order valence-corrected chi connectivity index (χ2v) is 17.6. The minimum absolute atomic E-state index is 0.0102. The molecule has 0 radical (unpaired) electrons. The van der Waals surface area contributed by atoms with E-state index >= 15 is 0 Å². The molecule has 1 amide bonds. The molecule has 5 aromatic rings. The fourth-order valence-corrected chi connectivity index (χ4v) is 10.4. The molecule has 0 saturated heterocycles. The van der Waals surface area contributed by atoms with Gasteiger partial charge in [-0.1, -0.05) is 78.7 Å². The molecule has 6 atom stereocenters. The zero-order chi connectivity index (χ0) is 48.5. The third-order valence-corrected chi connectivity index (χ3v) is 13.5. The number of hydrogen-bond donors (Lipinski definition) is 2. The van der Waals surface area contributed by atoms with Gasteiger partial charge < -0.3 is 34.0 Å². The second-order valence-electron chi connectivity index (χ2n) is 17.6. The molecule has 5 aromatic carbocycles. The van der Waals surface area contributed by atoms with Crippen LogP contribution in [0.15, 0.2) is 139 Å². The molecule has 16 nitrogen and oxygen atoms in total. The number of methoxy groups -OCH3 is 1. The van der Waals surface area contributed by atoms with E-state index in [2.05, 4.69) is 12.7 Å². The number of aliphatic hydroxyl groups excluding tert-OH is 2. The van der Waals surface area contributed by atoms with Crippen molar-refractivity contribution in [1.82, 2.24) is 4.90 Å². The first kappa shape index (κ1) is 48.3. The topological polar surface area (TPSA) is 206 Å². The Morgan fingerprint density at radius 1 is 0.884 bits per heavy atom. The SMILES string of the molecule is C=CCOC12Oc3ccc(Oc4cccc([N+](=O)[O-])c4)cc3C3C(CCCCO)C(CCCCO)C=C(C(=NOCc4ccc([N+](=O)[O-])cc4)CC1N(Cc1cccc4ccccc14)C(=O)OC)C32. The third kappa shape index (κ3) is 10.3. The molecule has 0 aromatic heterocycles. The number of non-ortho nitro benzene ring substituents is 2. The fraction of sp³-hybridized carbons (Fsp3) is 0.358. The summed E-state index contributed by atoms with van der Waals surface area (Å²) in [5, 5.41) is 50.0. The van der Waals surface area contributed by atoms with Gasteiger partial charge in [-0.25, -0.2) is 4.79 Å². The molecule has 360 valence electrons. The highest BCUT2D eigenvalue weighted by atomic mass is 16.7. The second kappa shape index (κ2) is 21.9. The number of rotatable bonds is 21. The molecule has 2 aliphatic carbocycles. The van der Waals surface area contributed by atoms with Gasteiger partial charge in [0.25, 0.3) is 11.4 Å². The van der Waals surface area contributed by atoms with Crippen molar-refractivity contribution in [3.63, 3.8) is 0 Å². The number of nitrogens with zero attached hydrogens (tertiary/aromatic N) is 4. The molecule has 1 saturated carbocycles. The molecule has 1 aliphatic heterocycles. The zero-order valence-corrected chi connectivity index (χ0v) is 38.4. The van der Waals surface area contributed by atoms with E-state index in [4.69, 9.17) is 28.9 Å². The summed E-state index contributed by atoms with van der Waals surface area (Å²) in [6, 6.07) is 30.4. The number of ether oxygens (including phenoxy) is 4. The number of nitro groups is 2. The Morgan fingerprint density at radius 3 is 2.35 bits per heavy atom. The lowest BCUT2D eigenvalue weighted by molar-refractivity contribution is -0.385. The summed E-state index contributed by atoms with van der Waals surface area (Å²) < 4.78 is 26.4. The number of aliphatic hydroxyl groups is 2. The first-order valence-corrected chi connectivity index (χ1v) is 23.3. The Balaban J connectivity index is 1.34. The minimum atomic E-state index is -1.60. The van der Waals surface area contributed by atoms with E-state index < -0.39 is 39.6 Å². The molecule has 2 N–H and O–H groups in total. The smallest absolute Gasteiger partial charge is 0.410 e. The van der Waals surface area contributed by atoms with Crippen LogP contribution < -0.4 is 9.47 Å². The van der Waals surface area contributed by atoms with E-state index in [0.29, 0.717) is 54.9 Å². The van der Waals surface area contributed by atoms with Crippen LogP contribution in [0.25, 0.3) is 10.8 Å². The van der Waals surface area contributed by atoms with Crippen LogP contribution >= 0.6 is 0 Å². The molecule has 0 bridgehead atoms. The number of carbonyl (C=O) groups excluding carboxylic acids is 1. The number of allylic oxidation sites excluding steroid dienone is 1. The maximum absolute atomic E-state index is 14.6. The number of unbranched alkanes of at least 4 members (excludes halogenated alkanes) is 2. The monoisotopic (exact) mass is 940 g/mol. The fourth-order valence-electron chi connectivity index (χ4n) is 10.4. The van der Waals surface area contributed by atoms with Crippen molar-refractivity contribution in [1.29, 1.82) is 0 Å². The first-order chi connectivity index (χ1) is 33.6. The van der Waals surface area contributed by atoms with Gasteiger partial charge in [0.15, 0.2) is 0 Å². The van der Waals surface area contributed by atoms with Crippen molar-refractivity contribution in [2.45, 2.75) is 75.8 Å². The van der Waals surface area contributed by atoms with Gasteiger partial charge >= 0.3 is 6.09 Å². The Hall–Kier alpha value is -7.14. The lowest BCUT2D eigenvalue weighted by atomic mass is 9.55. The lowest BCUT2D eigenvalue weighted by Crippen LogP contribution is -2.70. The predicted octanol–water partition coefficient (Wildman–Crippen LogP) is 10.6. The lowest BCUT2D eigenvalue weighted by Gasteiger charge is -2.59. The van der Waals surface area contributed by atoms with Crippen LogP contribution in [0, 0.1) is 38.0 Å². The molecular formula is C53H56N4O12. The number of oxime groups is 1. The summed E-state index contributed by atoms with van der Waals surface area (Å²) in [6.45, 7) is 4.19. The minimum Gasteiger partial charge on any atom is -0.459 e. The highest BCUT2D eigenvalue weighted by Crippen LogP contribution is 2.62. The van der Waals surface area contributed by atoms with Gasteiger partial charge in [0.1, 0.15) is 29.9 Å². The highest BCUT2D eigenvalue weighted by molar-refractivity contribution is 6.03. The molecule has 0 spiro atoms. The van der Waals surface area contributed by atoms with E-state index in [1.807, 2.05) is 54.6 Å². The van der Waals surface area contributed by atoms with Crippen LogP contribution in [0.1, 0.15) is 67.6 Å². The van der Waals surface area contributed by atoms with Gasteiger partial charge in [0.2, 0.25) is 5.79 Å². The van der Waals surface area contributed by atoms with Crippen LogP contribution in [0.4, 0.5) is 16.2 Å². The first-order valence-electron chi connectivity index (χ1n) is 23.3. The third-order valence-electron chi connectivity index (χ3n) is 13.5. The quantitative estimate of drug-likeness (QED) is 0.0305. The Bertz CT molecular complexity index is 2720. The van der Waals surface area contributed by atoms with Gasteiger partial charge in [-0.15, -0.1) is 6.58 Å². The van der Waals surface area contributed by atoms with Gasteiger partial charge in [-0.3, -0.25) is 25.1 Å². The van der Waals surface area contributed by atoms with E-state index in [0.717, 1.165) is 33.9 Å². The standard InChI is InChI=1S/C53H56N4O12/c1-3-28-66-53-49(55(52(60)65-2)33-38-15-10-14-36-12-4-5-18-43(36)38)32-47(54-67-34-35-20-22-39(23-21-35)56(61)62)45-29-37(13-6-8-26-58)44(19-7-9-27-59)50(51(45)53)46-31-42(24-25-48(46)69-53)68-41-17-11-16-40(30-41)57(63)64/h3-5,10-12,14-18,20-25,29-31,37,44,49-51,58-59H,1,6-9,13,19,26-28,32-34H2,2H3. The summed E-state index contributed by atoms with van der Waals surface area (Å²) in [7, 11) is 1.34. The van der Waals surface area contributed by atoms with Gasteiger partial charge in [-0.05, 0) is 101 Å². The summed E-state index contributed by atoms with van der Waals surface area (Å²) in [5.74, 6) is -1.65. The van der Waals surface area contributed by atoms with Crippen LogP contribution in [-0.2, 0) is 27.5 Å². The molecule has 69 heavy (non-hydrogen) atoms. The van der Waals surface area contributed by atoms with Crippen molar-refractivity contribution in [2.75, 3.05) is 26.9 Å². The van der Waals surface area contributed by atoms with Crippen LogP contribution in [0.5, 0.6) is 17.2 Å². The summed E-state index contributed by atoms with van der Waals surface area (Å²) in [4.78, 5) is 44.6. The van der Waals surface area contributed by atoms with Crippen molar-refractivity contribution in [3.05, 3.63) is 170 Å².